The Balaban J connectivity index is 1.71. The molecule has 0 saturated heterocycles. The van der Waals surface area contributed by atoms with Crippen LogP contribution in [0.4, 0.5) is 5.69 Å². The van der Waals surface area contributed by atoms with Gasteiger partial charge in [0.05, 0.1) is 10.7 Å². The molecule has 18 heavy (non-hydrogen) atoms. The van der Waals surface area contributed by atoms with Crippen LogP contribution in [-0.4, -0.2) is 6.04 Å². The topological polar surface area (TPSA) is 12.0 Å². The number of halogens is 2. The molecule has 0 aliphatic heterocycles. The molecular formula is C15H17BrClN. The Bertz CT molecular complexity index is 485. The summed E-state index contributed by atoms with van der Waals surface area (Å²) in [6, 6.07) is 6.49. The van der Waals surface area contributed by atoms with Crippen molar-refractivity contribution in [1.82, 2.24) is 0 Å². The van der Waals surface area contributed by atoms with E-state index in [1.165, 1.54) is 12.8 Å². The fraction of sp³-hybridized carbons (Fsp3) is 0.467. The van der Waals surface area contributed by atoms with E-state index in [0.717, 1.165) is 32.9 Å². The fourth-order valence-electron chi connectivity index (χ4n) is 3.36. The third-order valence-corrected chi connectivity index (χ3v) is 5.09. The van der Waals surface area contributed by atoms with Crippen LogP contribution in [0.15, 0.2) is 34.8 Å². The lowest BCUT2D eigenvalue weighted by Gasteiger charge is -2.27. The maximum absolute atomic E-state index is 6.25. The van der Waals surface area contributed by atoms with Gasteiger partial charge < -0.3 is 5.32 Å². The Hall–Kier alpha value is -0.470. The first kappa shape index (κ1) is 12.6. The van der Waals surface area contributed by atoms with Crippen molar-refractivity contribution in [2.24, 2.45) is 17.8 Å². The quantitative estimate of drug-likeness (QED) is 0.761. The highest BCUT2D eigenvalue weighted by atomic mass is 79.9. The number of rotatable bonds is 3. The van der Waals surface area contributed by atoms with Gasteiger partial charge in [-0.05, 0) is 55.7 Å². The summed E-state index contributed by atoms with van der Waals surface area (Å²) in [4.78, 5) is 0. The average Bonchev–Trinajstić information content (AvgIpc) is 2.94. The van der Waals surface area contributed by atoms with Gasteiger partial charge in [-0.15, -0.1) is 0 Å². The third-order valence-electron chi connectivity index (χ3n) is 4.29. The highest BCUT2D eigenvalue weighted by Crippen LogP contribution is 2.45. The van der Waals surface area contributed by atoms with Gasteiger partial charge in [-0.2, -0.15) is 0 Å². The van der Waals surface area contributed by atoms with Gasteiger partial charge in [-0.1, -0.05) is 39.7 Å². The van der Waals surface area contributed by atoms with Crippen LogP contribution in [0.25, 0.3) is 0 Å². The zero-order chi connectivity index (χ0) is 12.7. The molecule has 1 N–H and O–H groups in total. The van der Waals surface area contributed by atoms with Gasteiger partial charge in [0.15, 0.2) is 0 Å². The Morgan fingerprint density at radius 3 is 2.78 bits per heavy atom. The maximum Gasteiger partial charge on any atom is 0.0648 e. The third kappa shape index (κ3) is 2.33. The summed E-state index contributed by atoms with van der Waals surface area (Å²) in [6.07, 6.45) is 7.47. The number of anilines is 1. The van der Waals surface area contributed by atoms with Crippen LogP contribution in [0.5, 0.6) is 0 Å². The van der Waals surface area contributed by atoms with Gasteiger partial charge in [0.1, 0.15) is 0 Å². The van der Waals surface area contributed by atoms with E-state index in [-0.39, 0.29) is 0 Å². The largest absolute Gasteiger partial charge is 0.381 e. The van der Waals surface area contributed by atoms with Crippen molar-refractivity contribution >= 4 is 33.2 Å². The molecule has 2 bridgehead atoms. The molecule has 96 valence electrons. The first-order chi connectivity index (χ1) is 8.63. The lowest BCUT2D eigenvalue weighted by molar-refractivity contribution is 0.400. The molecule has 3 rings (SSSR count). The Morgan fingerprint density at radius 1 is 1.33 bits per heavy atom. The van der Waals surface area contributed by atoms with Crippen molar-refractivity contribution < 1.29 is 0 Å². The predicted molar refractivity (Wildman–Crippen MR) is 81.1 cm³/mol. The summed E-state index contributed by atoms with van der Waals surface area (Å²) in [6.45, 7) is 2.28. The van der Waals surface area contributed by atoms with Crippen molar-refractivity contribution in [2.45, 2.75) is 25.8 Å². The second-order valence-electron chi connectivity index (χ2n) is 5.50. The lowest BCUT2D eigenvalue weighted by Crippen LogP contribution is -2.28. The minimum absolute atomic E-state index is 0.476. The molecule has 0 spiro atoms. The monoisotopic (exact) mass is 325 g/mol. The normalized spacial score (nSPS) is 30.7. The van der Waals surface area contributed by atoms with Crippen molar-refractivity contribution in [1.29, 1.82) is 0 Å². The van der Waals surface area contributed by atoms with Crippen LogP contribution >= 0.6 is 27.5 Å². The predicted octanol–water partition coefficient (Wildman–Crippen LogP) is 5.12. The molecule has 1 fully saturated rings. The molecule has 4 atom stereocenters. The highest BCUT2D eigenvalue weighted by molar-refractivity contribution is 9.10. The van der Waals surface area contributed by atoms with Crippen molar-refractivity contribution in [3.63, 3.8) is 0 Å². The molecule has 2 aliphatic carbocycles. The van der Waals surface area contributed by atoms with Gasteiger partial charge in [0.2, 0.25) is 0 Å². The zero-order valence-electron chi connectivity index (χ0n) is 10.4. The van der Waals surface area contributed by atoms with E-state index in [0.29, 0.717) is 6.04 Å². The summed E-state index contributed by atoms with van der Waals surface area (Å²) >= 11 is 9.69. The highest BCUT2D eigenvalue weighted by Gasteiger charge is 2.38. The second kappa shape index (κ2) is 4.90. The molecular weight excluding hydrogens is 310 g/mol. The van der Waals surface area contributed by atoms with Gasteiger partial charge in [0, 0.05) is 10.5 Å². The Kier molecular flexibility index (Phi) is 3.42. The molecule has 1 aromatic carbocycles. The molecule has 0 radical (unpaired) electrons. The van der Waals surface area contributed by atoms with E-state index in [2.05, 4.69) is 40.3 Å². The number of benzene rings is 1. The standard InChI is InChI=1S/C15H17BrClN/c1-9(13-7-10-2-3-11(13)6-10)18-15-5-4-12(16)8-14(15)17/h2-5,8-11,13,18H,6-7H2,1H3. The van der Waals surface area contributed by atoms with E-state index in [1.54, 1.807) is 0 Å². The van der Waals surface area contributed by atoms with E-state index in [1.807, 2.05) is 18.2 Å². The van der Waals surface area contributed by atoms with Crippen LogP contribution in [-0.2, 0) is 0 Å². The smallest absolute Gasteiger partial charge is 0.0648 e. The van der Waals surface area contributed by atoms with Gasteiger partial charge in [0.25, 0.3) is 0 Å². The van der Waals surface area contributed by atoms with E-state index >= 15 is 0 Å². The molecule has 3 heteroatoms. The molecule has 1 saturated carbocycles. The summed E-state index contributed by atoms with van der Waals surface area (Å²) in [5.41, 5.74) is 1.04. The Labute approximate surface area is 122 Å². The van der Waals surface area contributed by atoms with E-state index < -0.39 is 0 Å². The van der Waals surface area contributed by atoms with Crippen LogP contribution in [0, 0.1) is 17.8 Å². The summed E-state index contributed by atoms with van der Waals surface area (Å²) in [5.74, 6) is 2.34. The molecule has 0 aromatic heterocycles. The zero-order valence-corrected chi connectivity index (χ0v) is 12.7. The summed E-state index contributed by atoms with van der Waals surface area (Å²) in [5, 5.41) is 4.36. The molecule has 1 aromatic rings. The van der Waals surface area contributed by atoms with Crippen LogP contribution in [0.2, 0.25) is 5.02 Å². The van der Waals surface area contributed by atoms with Crippen LogP contribution < -0.4 is 5.32 Å². The first-order valence-electron chi connectivity index (χ1n) is 6.53. The minimum atomic E-state index is 0.476. The molecule has 1 nitrogen and oxygen atoms in total. The van der Waals surface area contributed by atoms with Crippen molar-refractivity contribution in [2.75, 3.05) is 5.32 Å². The lowest BCUT2D eigenvalue weighted by atomic mass is 9.87. The van der Waals surface area contributed by atoms with Gasteiger partial charge >= 0.3 is 0 Å². The van der Waals surface area contributed by atoms with Crippen molar-refractivity contribution in [3.8, 4) is 0 Å². The van der Waals surface area contributed by atoms with Gasteiger partial charge in [-0.25, -0.2) is 0 Å². The van der Waals surface area contributed by atoms with E-state index in [9.17, 15) is 0 Å². The second-order valence-corrected chi connectivity index (χ2v) is 6.82. The average molecular weight is 327 g/mol. The molecule has 0 amide bonds. The first-order valence-corrected chi connectivity index (χ1v) is 7.70. The van der Waals surface area contributed by atoms with E-state index in [4.69, 9.17) is 11.6 Å². The summed E-state index contributed by atoms with van der Waals surface area (Å²) < 4.78 is 1.02. The van der Waals surface area contributed by atoms with Crippen molar-refractivity contribution in [3.05, 3.63) is 39.8 Å². The number of allylic oxidation sites excluding steroid dienone is 2. The maximum atomic E-state index is 6.25. The Morgan fingerprint density at radius 2 is 2.17 bits per heavy atom. The number of hydrogen-bond acceptors (Lipinski definition) is 1. The number of hydrogen-bond donors (Lipinski definition) is 1. The number of nitrogens with one attached hydrogen (secondary N) is 1. The fourth-order valence-corrected chi connectivity index (χ4v) is 4.08. The summed E-state index contributed by atoms with van der Waals surface area (Å²) in [7, 11) is 0. The molecule has 2 aliphatic rings. The SMILES string of the molecule is CC(Nc1ccc(Br)cc1Cl)C1CC2C=CC1C2. The van der Waals surface area contributed by atoms with Crippen LogP contribution in [0.1, 0.15) is 19.8 Å². The number of fused-ring (bicyclic) bond motifs is 2. The van der Waals surface area contributed by atoms with Crippen LogP contribution in [0.3, 0.4) is 0 Å². The molecule has 4 unspecified atom stereocenters. The molecule has 0 heterocycles. The van der Waals surface area contributed by atoms with Gasteiger partial charge in [-0.3, -0.25) is 0 Å². The minimum Gasteiger partial charge on any atom is -0.381 e.